The maximum absolute atomic E-state index is 10.9. The minimum absolute atomic E-state index is 0. The van der Waals surface area contributed by atoms with Crippen LogP contribution >= 0.6 is 12.4 Å². The molecule has 0 heterocycles. The number of hydrogen-bond acceptors (Lipinski definition) is 4. The van der Waals surface area contributed by atoms with Gasteiger partial charge in [0, 0.05) is 0 Å². The summed E-state index contributed by atoms with van der Waals surface area (Å²) in [4.78, 5) is 10.9. The molecule has 0 fully saturated rings. The standard InChI is InChI=1S/C7H15NO3.ClH/c1-4(2)11-7(10)6(8)5(3)9;/h4-6,9H,8H2,1-3H3;1H/t5-,6+;/m0./s1. The van der Waals surface area contributed by atoms with Gasteiger partial charge in [-0.25, -0.2) is 0 Å². The first kappa shape index (κ1) is 14.2. The summed E-state index contributed by atoms with van der Waals surface area (Å²) in [6.45, 7) is 4.91. The molecule has 0 aliphatic carbocycles. The molecule has 0 aromatic carbocycles. The molecule has 0 bridgehead atoms. The monoisotopic (exact) mass is 197 g/mol. The molecule has 4 nitrogen and oxygen atoms in total. The molecule has 0 spiro atoms. The lowest BCUT2D eigenvalue weighted by atomic mass is 10.2. The van der Waals surface area contributed by atoms with E-state index < -0.39 is 18.1 Å². The van der Waals surface area contributed by atoms with Crippen molar-refractivity contribution in [1.82, 2.24) is 0 Å². The maximum atomic E-state index is 10.9. The summed E-state index contributed by atoms with van der Waals surface area (Å²) >= 11 is 0. The molecule has 0 saturated carbocycles. The second-order valence-corrected chi connectivity index (χ2v) is 2.75. The minimum Gasteiger partial charge on any atom is -0.462 e. The van der Waals surface area contributed by atoms with Gasteiger partial charge in [-0.1, -0.05) is 0 Å². The van der Waals surface area contributed by atoms with E-state index in [1.54, 1.807) is 13.8 Å². The Balaban J connectivity index is 0. The number of esters is 1. The first-order valence-electron chi connectivity index (χ1n) is 3.59. The highest BCUT2D eigenvalue weighted by molar-refractivity contribution is 5.85. The molecule has 0 amide bonds. The van der Waals surface area contributed by atoms with Gasteiger partial charge in [0.2, 0.25) is 0 Å². The van der Waals surface area contributed by atoms with E-state index in [4.69, 9.17) is 15.6 Å². The lowest BCUT2D eigenvalue weighted by Crippen LogP contribution is -2.42. The van der Waals surface area contributed by atoms with Gasteiger partial charge < -0.3 is 15.6 Å². The van der Waals surface area contributed by atoms with E-state index in [1.165, 1.54) is 6.92 Å². The van der Waals surface area contributed by atoms with Crippen LogP contribution in [0.25, 0.3) is 0 Å². The second kappa shape index (κ2) is 6.22. The normalized spacial score (nSPS) is 14.8. The van der Waals surface area contributed by atoms with E-state index >= 15 is 0 Å². The van der Waals surface area contributed by atoms with Crippen LogP contribution < -0.4 is 5.73 Å². The minimum atomic E-state index is -0.933. The van der Waals surface area contributed by atoms with Crippen molar-refractivity contribution in [2.45, 2.75) is 39.0 Å². The van der Waals surface area contributed by atoms with Crippen molar-refractivity contribution in [2.24, 2.45) is 5.73 Å². The van der Waals surface area contributed by atoms with Crippen LogP contribution in [0.4, 0.5) is 0 Å². The predicted molar refractivity (Wildman–Crippen MR) is 48.1 cm³/mol. The Morgan fingerprint density at radius 1 is 1.42 bits per heavy atom. The fourth-order valence-corrected chi connectivity index (χ4v) is 0.508. The Labute approximate surface area is 78.5 Å². The SMILES string of the molecule is CC(C)OC(=O)[C@H](N)[C@H](C)O.Cl. The van der Waals surface area contributed by atoms with E-state index in [0.717, 1.165) is 0 Å². The number of rotatable bonds is 3. The van der Waals surface area contributed by atoms with Crippen LogP contribution in [0.3, 0.4) is 0 Å². The predicted octanol–water partition coefficient (Wildman–Crippen LogP) is 0.0679. The Hall–Kier alpha value is -0.320. The highest BCUT2D eigenvalue weighted by Gasteiger charge is 2.20. The summed E-state index contributed by atoms with van der Waals surface area (Å²) in [5.74, 6) is -0.560. The highest BCUT2D eigenvalue weighted by atomic mass is 35.5. The van der Waals surface area contributed by atoms with E-state index in [9.17, 15) is 4.79 Å². The summed E-state index contributed by atoms with van der Waals surface area (Å²) in [7, 11) is 0. The molecule has 2 atom stereocenters. The van der Waals surface area contributed by atoms with Gasteiger partial charge in [-0.15, -0.1) is 12.4 Å². The summed E-state index contributed by atoms with van der Waals surface area (Å²) in [5, 5.41) is 8.88. The zero-order valence-electron chi connectivity index (χ0n) is 7.48. The Bertz CT molecular complexity index is 139. The molecule has 74 valence electrons. The topological polar surface area (TPSA) is 72.5 Å². The van der Waals surface area contributed by atoms with Crippen LogP contribution in [-0.2, 0) is 9.53 Å². The molecule has 12 heavy (non-hydrogen) atoms. The zero-order chi connectivity index (χ0) is 9.02. The number of ether oxygens (including phenoxy) is 1. The van der Waals surface area contributed by atoms with E-state index in [0.29, 0.717) is 0 Å². The number of nitrogens with two attached hydrogens (primary N) is 1. The largest absolute Gasteiger partial charge is 0.462 e. The van der Waals surface area contributed by atoms with E-state index in [1.807, 2.05) is 0 Å². The van der Waals surface area contributed by atoms with Crippen LogP contribution in [0.1, 0.15) is 20.8 Å². The summed E-state index contributed by atoms with van der Waals surface area (Å²) in [5.41, 5.74) is 5.28. The molecule has 0 aliphatic heterocycles. The number of aliphatic hydroxyl groups is 1. The maximum Gasteiger partial charge on any atom is 0.325 e. The van der Waals surface area contributed by atoms with Gasteiger partial charge in [-0.05, 0) is 20.8 Å². The van der Waals surface area contributed by atoms with Gasteiger partial charge in [0.1, 0.15) is 6.04 Å². The van der Waals surface area contributed by atoms with Crippen LogP contribution in [0.5, 0.6) is 0 Å². The number of hydrogen-bond donors (Lipinski definition) is 2. The lowest BCUT2D eigenvalue weighted by Gasteiger charge is -2.15. The van der Waals surface area contributed by atoms with Crippen molar-refractivity contribution in [1.29, 1.82) is 0 Å². The zero-order valence-corrected chi connectivity index (χ0v) is 8.30. The number of carbonyl (C=O) groups excluding carboxylic acids is 1. The quantitative estimate of drug-likeness (QED) is 0.628. The molecule has 0 radical (unpaired) electrons. The Morgan fingerprint density at radius 3 is 2.08 bits per heavy atom. The third kappa shape index (κ3) is 5.35. The van der Waals surface area contributed by atoms with Crippen molar-refractivity contribution in [3.8, 4) is 0 Å². The first-order chi connectivity index (χ1) is 4.95. The van der Waals surface area contributed by atoms with Gasteiger partial charge in [-0.2, -0.15) is 0 Å². The van der Waals surface area contributed by atoms with Crippen molar-refractivity contribution < 1.29 is 14.6 Å². The van der Waals surface area contributed by atoms with Gasteiger partial charge in [0.05, 0.1) is 12.2 Å². The smallest absolute Gasteiger partial charge is 0.325 e. The van der Waals surface area contributed by atoms with Crippen molar-refractivity contribution in [3.63, 3.8) is 0 Å². The molecule has 0 unspecified atom stereocenters. The van der Waals surface area contributed by atoms with Crippen molar-refractivity contribution >= 4 is 18.4 Å². The summed E-state index contributed by atoms with van der Waals surface area (Å²) < 4.78 is 4.75. The van der Waals surface area contributed by atoms with Gasteiger partial charge in [-0.3, -0.25) is 4.79 Å². The second-order valence-electron chi connectivity index (χ2n) is 2.75. The third-order valence-electron chi connectivity index (χ3n) is 1.14. The fourth-order valence-electron chi connectivity index (χ4n) is 0.508. The summed E-state index contributed by atoms with van der Waals surface area (Å²) in [6.07, 6.45) is -1.05. The number of carbonyl (C=O) groups is 1. The Morgan fingerprint density at radius 2 is 1.83 bits per heavy atom. The molecule has 0 saturated heterocycles. The lowest BCUT2D eigenvalue weighted by molar-refractivity contribution is -0.151. The molecule has 0 rings (SSSR count). The first-order valence-corrected chi connectivity index (χ1v) is 3.59. The van der Waals surface area contributed by atoms with Crippen molar-refractivity contribution in [3.05, 3.63) is 0 Å². The van der Waals surface area contributed by atoms with Crippen LogP contribution in [-0.4, -0.2) is 29.3 Å². The molecule has 0 aromatic heterocycles. The molecular formula is C7H16ClNO3. The van der Waals surface area contributed by atoms with E-state index in [-0.39, 0.29) is 18.5 Å². The van der Waals surface area contributed by atoms with E-state index in [2.05, 4.69) is 0 Å². The molecule has 0 aromatic rings. The van der Waals surface area contributed by atoms with Gasteiger partial charge >= 0.3 is 5.97 Å². The van der Waals surface area contributed by atoms with Gasteiger partial charge in [0.25, 0.3) is 0 Å². The third-order valence-corrected chi connectivity index (χ3v) is 1.14. The molecule has 5 heteroatoms. The average molecular weight is 198 g/mol. The molecular weight excluding hydrogens is 182 g/mol. The van der Waals surface area contributed by atoms with Gasteiger partial charge in [0.15, 0.2) is 0 Å². The number of halogens is 1. The molecule has 0 aliphatic rings. The summed E-state index contributed by atoms with van der Waals surface area (Å²) in [6, 6.07) is -0.933. The molecule has 3 N–H and O–H groups in total. The number of aliphatic hydroxyl groups excluding tert-OH is 1. The Kier molecular flexibility index (Phi) is 7.37. The van der Waals surface area contributed by atoms with Crippen molar-refractivity contribution in [2.75, 3.05) is 0 Å². The van der Waals surface area contributed by atoms with Crippen LogP contribution in [0, 0.1) is 0 Å². The average Bonchev–Trinajstić information content (AvgIpc) is 1.84. The fraction of sp³-hybridized carbons (Fsp3) is 0.857. The highest BCUT2D eigenvalue weighted by Crippen LogP contribution is 1.96. The van der Waals surface area contributed by atoms with Crippen LogP contribution in [0.15, 0.2) is 0 Å². The van der Waals surface area contributed by atoms with Crippen LogP contribution in [0.2, 0.25) is 0 Å².